The van der Waals surface area contributed by atoms with Gasteiger partial charge in [0.2, 0.25) is 0 Å². The number of halogens is 3. The molecule has 0 aliphatic rings. The van der Waals surface area contributed by atoms with Crippen molar-refractivity contribution < 1.29 is 13.9 Å². The van der Waals surface area contributed by atoms with Crippen molar-refractivity contribution in [1.82, 2.24) is 0 Å². The lowest BCUT2D eigenvalue weighted by molar-refractivity contribution is 0.381. The first-order chi connectivity index (χ1) is 9.99. The molecule has 3 nitrogen and oxygen atoms in total. The first-order valence-electron chi connectivity index (χ1n) is 6.10. The Labute approximate surface area is 135 Å². The lowest BCUT2D eigenvalue weighted by atomic mass is 9.97. The molecule has 0 heterocycles. The Kier molecular flexibility index (Phi) is 5.08. The smallest absolute Gasteiger partial charge is 0.129 e. The van der Waals surface area contributed by atoms with Crippen LogP contribution in [0.4, 0.5) is 4.39 Å². The Morgan fingerprint density at radius 2 is 1.76 bits per heavy atom. The van der Waals surface area contributed by atoms with Gasteiger partial charge in [-0.25, -0.2) is 4.39 Å². The van der Waals surface area contributed by atoms with Gasteiger partial charge in [0.15, 0.2) is 0 Å². The number of rotatable bonds is 4. The molecule has 0 bridgehead atoms. The first kappa shape index (κ1) is 16.1. The predicted molar refractivity (Wildman–Crippen MR) is 84.7 cm³/mol. The van der Waals surface area contributed by atoms with E-state index in [9.17, 15) is 4.39 Å². The third-order valence-electron chi connectivity index (χ3n) is 3.15. The van der Waals surface area contributed by atoms with Crippen LogP contribution in [0.3, 0.4) is 0 Å². The molecule has 1 atom stereocenters. The molecular formula is C15H14BrClFNO2. The SMILES string of the molecule is COc1cccc(OC)c1C(N)c1cc(Cl)c(Br)cc1F. The first-order valence-corrected chi connectivity index (χ1v) is 7.27. The molecule has 0 spiro atoms. The van der Waals surface area contributed by atoms with Crippen molar-refractivity contribution in [2.24, 2.45) is 5.73 Å². The van der Waals surface area contributed by atoms with Gasteiger partial charge in [-0.3, -0.25) is 0 Å². The molecular weight excluding hydrogens is 361 g/mol. The zero-order valence-corrected chi connectivity index (χ0v) is 13.8. The Hall–Kier alpha value is -1.30. The second kappa shape index (κ2) is 6.64. The van der Waals surface area contributed by atoms with Crippen LogP contribution in [-0.2, 0) is 0 Å². The minimum atomic E-state index is -0.762. The molecule has 0 saturated heterocycles. The molecule has 0 aliphatic heterocycles. The minimum absolute atomic E-state index is 0.269. The van der Waals surface area contributed by atoms with E-state index in [1.165, 1.54) is 26.4 Å². The highest BCUT2D eigenvalue weighted by atomic mass is 79.9. The van der Waals surface area contributed by atoms with Crippen LogP contribution in [0.2, 0.25) is 5.02 Å². The maximum Gasteiger partial charge on any atom is 0.129 e. The third-order valence-corrected chi connectivity index (χ3v) is 4.35. The Morgan fingerprint density at radius 3 is 2.29 bits per heavy atom. The van der Waals surface area contributed by atoms with Crippen LogP contribution in [0.15, 0.2) is 34.8 Å². The second-order valence-corrected chi connectivity index (χ2v) is 5.60. The lowest BCUT2D eigenvalue weighted by Gasteiger charge is -2.20. The van der Waals surface area contributed by atoms with Gasteiger partial charge < -0.3 is 15.2 Å². The van der Waals surface area contributed by atoms with E-state index in [4.69, 9.17) is 26.8 Å². The van der Waals surface area contributed by atoms with Gasteiger partial charge in [-0.15, -0.1) is 0 Å². The maximum absolute atomic E-state index is 14.2. The molecule has 0 aromatic heterocycles. The Morgan fingerprint density at radius 1 is 1.19 bits per heavy atom. The van der Waals surface area contributed by atoms with Gasteiger partial charge in [0, 0.05) is 10.0 Å². The molecule has 2 aromatic rings. The van der Waals surface area contributed by atoms with Gasteiger partial charge in [-0.05, 0) is 40.2 Å². The monoisotopic (exact) mass is 373 g/mol. The zero-order valence-electron chi connectivity index (χ0n) is 11.5. The molecule has 112 valence electrons. The van der Waals surface area contributed by atoms with Crippen molar-refractivity contribution in [3.05, 3.63) is 56.8 Å². The summed E-state index contributed by atoms with van der Waals surface area (Å²) in [5.74, 6) is 0.604. The summed E-state index contributed by atoms with van der Waals surface area (Å²) < 4.78 is 25.3. The molecule has 2 aromatic carbocycles. The molecule has 1 unspecified atom stereocenters. The van der Waals surface area contributed by atoms with Crippen LogP contribution in [0, 0.1) is 5.82 Å². The summed E-state index contributed by atoms with van der Waals surface area (Å²) in [5.41, 5.74) is 7.05. The quantitative estimate of drug-likeness (QED) is 0.811. The third kappa shape index (κ3) is 3.15. The molecule has 21 heavy (non-hydrogen) atoms. The number of benzene rings is 2. The van der Waals surface area contributed by atoms with E-state index in [1.54, 1.807) is 18.2 Å². The Bertz CT molecular complexity index is 644. The molecule has 0 radical (unpaired) electrons. The predicted octanol–water partition coefficient (Wildman–Crippen LogP) is 4.31. The highest BCUT2D eigenvalue weighted by Gasteiger charge is 2.22. The fourth-order valence-corrected chi connectivity index (χ4v) is 2.61. The summed E-state index contributed by atoms with van der Waals surface area (Å²) in [4.78, 5) is 0. The summed E-state index contributed by atoms with van der Waals surface area (Å²) in [5, 5.41) is 0.385. The maximum atomic E-state index is 14.2. The molecule has 2 rings (SSSR count). The van der Waals surface area contributed by atoms with Crippen molar-refractivity contribution in [3.8, 4) is 11.5 Å². The van der Waals surface area contributed by atoms with Gasteiger partial charge in [-0.1, -0.05) is 17.7 Å². The minimum Gasteiger partial charge on any atom is -0.496 e. The highest BCUT2D eigenvalue weighted by Crippen LogP contribution is 2.38. The van der Waals surface area contributed by atoms with Gasteiger partial charge in [-0.2, -0.15) is 0 Å². The van der Waals surface area contributed by atoms with Crippen LogP contribution < -0.4 is 15.2 Å². The van der Waals surface area contributed by atoms with E-state index >= 15 is 0 Å². The van der Waals surface area contributed by atoms with E-state index in [0.717, 1.165) is 0 Å². The zero-order chi connectivity index (χ0) is 15.6. The summed E-state index contributed by atoms with van der Waals surface area (Å²) in [7, 11) is 3.05. The molecule has 0 amide bonds. The van der Waals surface area contributed by atoms with Crippen molar-refractivity contribution in [2.75, 3.05) is 14.2 Å². The fourth-order valence-electron chi connectivity index (χ4n) is 2.12. The molecule has 6 heteroatoms. The summed E-state index contributed by atoms with van der Waals surface area (Å²) in [6, 6.07) is 7.30. The molecule has 0 saturated carbocycles. The van der Waals surface area contributed by atoms with Gasteiger partial charge >= 0.3 is 0 Å². The average Bonchev–Trinajstić information content (AvgIpc) is 2.49. The van der Waals surface area contributed by atoms with E-state index in [2.05, 4.69) is 15.9 Å². The van der Waals surface area contributed by atoms with E-state index in [0.29, 0.717) is 26.6 Å². The number of hydrogen-bond acceptors (Lipinski definition) is 3. The fraction of sp³-hybridized carbons (Fsp3) is 0.200. The summed E-state index contributed by atoms with van der Waals surface area (Å²) in [6.07, 6.45) is 0. The highest BCUT2D eigenvalue weighted by molar-refractivity contribution is 9.10. The number of ether oxygens (including phenoxy) is 2. The normalized spacial score (nSPS) is 12.1. The van der Waals surface area contributed by atoms with Crippen molar-refractivity contribution in [1.29, 1.82) is 0 Å². The van der Waals surface area contributed by atoms with Crippen molar-refractivity contribution in [3.63, 3.8) is 0 Å². The lowest BCUT2D eigenvalue weighted by Crippen LogP contribution is -2.16. The second-order valence-electron chi connectivity index (χ2n) is 4.34. The van der Waals surface area contributed by atoms with Crippen LogP contribution >= 0.6 is 27.5 Å². The van der Waals surface area contributed by atoms with Crippen LogP contribution in [0.25, 0.3) is 0 Å². The van der Waals surface area contributed by atoms with Crippen molar-refractivity contribution >= 4 is 27.5 Å². The molecule has 0 aliphatic carbocycles. The molecule has 2 N–H and O–H groups in total. The van der Waals surface area contributed by atoms with Crippen LogP contribution in [0.1, 0.15) is 17.2 Å². The van der Waals surface area contributed by atoms with E-state index in [-0.39, 0.29) is 5.56 Å². The molecule has 0 fully saturated rings. The summed E-state index contributed by atoms with van der Waals surface area (Å²) in [6.45, 7) is 0. The van der Waals surface area contributed by atoms with Gasteiger partial charge in [0.25, 0.3) is 0 Å². The van der Waals surface area contributed by atoms with Gasteiger partial charge in [0.05, 0.1) is 30.8 Å². The van der Waals surface area contributed by atoms with Gasteiger partial charge in [0.1, 0.15) is 17.3 Å². The number of hydrogen-bond donors (Lipinski definition) is 1. The topological polar surface area (TPSA) is 44.5 Å². The van der Waals surface area contributed by atoms with E-state index < -0.39 is 11.9 Å². The summed E-state index contributed by atoms with van der Waals surface area (Å²) >= 11 is 9.21. The Balaban J connectivity index is 2.59. The van der Waals surface area contributed by atoms with Crippen LogP contribution in [0.5, 0.6) is 11.5 Å². The van der Waals surface area contributed by atoms with Crippen molar-refractivity contribution in [2.45, 2.75) is 6.04 Å². The number of nitrogens with two attached hydrogens (primary N) is 1. The van der Waals surface area contributed by atoms with E-state index in [1.807, 2.05) is 0 Å². The number of methoxy groups -OCH3 is 2. The largest absolute Gasteiger partial charge is 0.496 e. The van der Waals surface area contributed by atoms with Crippen LogP contribution in [-0.4, -0.2) is 14.2 Å². The average molecular weight is 375 g/mol. The standard InChI is InChI=1S/C15H14BrClFNO2/c1-20-12-4-3-5-13(21-2)14(12)15(19)8-6-10(17)9(16)7-11(8)18/h3-7,15H,19H2,1-2H3.